The Labute approximate surface area is 41.8 Å². The highest BCUT2D eigenvalue weighted by atomic mass is 14.3. The minimum absolute atomic E-state index is 1.86. The van der Waals surface area contributed by atoms with Gasteiger partial charge in [-0.15, -0.1) is 0 Å². The van der Waals surface area contributed by atoms with Crippen molar-refractivity contribution in [2.24, 2.45) is 0 Å². The van der Waals surface area contributed by atoms with Crippen molar-refractivity contribution in [1.29, 1.82) is 5.41 Å². The van der Waals surface area contributed by atoms with Crippen LogP contribution in [-0.2, 0) is 0 Å². The molecule has 0 aliphatic carbocycles. The zero-order valence-corrected chi connectivity index (χ0v) is 3.71. The molecule has 0 aromatic heterocycles. The molecule has 0 aliphatic rings. The fourth-order valence-corrected chi connectivity index (χ4v) is 0.107. The standard InChI is InChI=1S/C6H3N/c1-2-3-4-5-6-7/h7H,1H2. The van der Waals surface area contributed by atoms with Crippen molar-refractivity contribution in [2.45, 2.75) is 0 Å². The Hall–Kier alpha value is -1.43. The number of hydrogen-bond acceptors (Lipinski definition) is 1. The summed E-state index contributed by atoms with van der Waals surface area (Å²) >= 11 is 0. The molecule has 0 bridgehead atoms. The first-order valence-corrected chi connectivity index (χ1v) is 1.60. The molecule has 0 radical (unpaired) electrons. The summed E-state index contributed by atoms with van der Waals surface area (Å²) in [6.07, 6.45) is 0. The van der Waals surface area contributed by atoms with Gasteiger partial charge < -0.3 is 0 Å². The third-order valence-corrected chi connectivity index (χ3v) is 0.276. The fourth-order valence-electron chi connectivity index (χ4n) is 0.107. The van der Waals surface area contributed by atoms with E-state index < -0.39 is 0 Å². The first kappa shape index (κ1) is 5.57. The van der Waals surface area contributed by atoms with Crippen molar-refractivity contribution in [1.82, 2.24) is 0 Å². The van der Waals surface area contributed by atoms with Gasteiger partial charge in [0.2, 0.25) is 0 Å². The number of hydrogen-bond donors (Lipinski definition) is 1. The van der Waals surface area contributed by atoms with Crippen molar-refractivity contribution in [3.8, 4) is 0 Å². The van der Waals surface area contributed by atoms with Crippen LogP contribution in [-0.4, -0.2) is 5.87 Å². The van der Waals surface area contributed by atoms with Crippen molar-refractivity contribution in [3.63, 3.8) is 0 Å². The van der Waals surface area contributed by atoms with Crippen LogP contribution in [0.5, 0.6) is 0 Å². The van der Waals surface area contributed by atoms with E-state index in [1.165, 1.54) is 0 Å². The molecule has 0 spiro atoms. The summed E-state index contributed by atoms with van der Waals surface area (Å²) in [5, 5.41) is 6.27. The van der Waals surface area contributed by atoms with Crippen LogP contribution in [0.2, 0.25) is 0 Å². The second kappa shape index (κ2) is 4.57. The molecule has 0 rings (SSSR count). The fraction of sp³-hybridized carbons (Fsp3) is 0. The topological polar surface area (TPSA) is 23.9 Å². The monoisotopic (exact) mass is 89.0 g/mol. The van der Waals surface area contributed by atoms with E-state index in [2.05, 4.69) is 29.5 Å². The Morgan fingerprint density at radius 3 is 2.29 bits per heavy atom. The van der Waals surface area contributed by atoms with E-state index in [1.807, 2.05) is 5.87 Å². The first-order valence-electron chi connectivity index (χ1n) is 1.60. The molecule has 1 nitrogen and oxygen atoms in total. The molecule has 0 fully saturated rings. The van der Waals surface area contributed by atoms with E-state index in [-0.39, 0.29) is 0 Å². The summed E-state index contributed by atoms with van der Waals surface area (Å²) in [6.45, 7) is 3.20. The van der Waals surface area contributed by atoms with E-state index in [1.54, 1.807) is 0 Å². The molecule has 0 amide bonds. The van der Waals surface area contributed by atoms with Gasteiger partial charge >= 0.3 is 0 Å². The normalized spacial score (nSPS) is 3.43. The van der Waals surface area contributed by atoms with Crippen molar-refractivity contribution in [3.05, 3.63) is 29.5 Å². The predicted molar refractivity (Wildman–Crippen MR) is 27.4 cm³/mol. The molecule has 0 aliphatic heterocycles. The predicted octanol–water partition coefficient (Wildman–Crippen LogP) is 1.04. The van der Waals surface area contributed by atoms with Crippen LogP contribution in [0.25, 0.3) is 0 Å². The van der Waals surface area contributed by atoms with Crippen LogP contribution in [0.1, 0.15) is 0 Å². The molecule has 0 saturated heterocycles. The Morgan fingerprint density at radius 2 is 1.86 bits per heavy atom. The van der Waals surface area contributed by atoms with Gasteiger partial charge in [0.15, 0.2) is 0 Å². The molecule has 0 atom stereocenters. The highest BCUT2D eigenvalue weighted by Gasteiger charge is 1.30. The van der Waals surface area contributed by atoms with Crippen LogP contribution in [0.15, 0.2) is 29.5 Å². The minimum atomic E-state index is 1.86. The second-order valence-corrected chi connectivity index (χ2v) is 0.677. The van der Waals surface area contributed by atoms with Gasteiger partial charge in [-0.3, -0.25) is 5.41 Å². The smallest absolute Gasteiger partial charge is 0.0399 e. The summed E-state index contributed by atoms with van der Waals surface area (Å²) in [4.78, 5) is 0. The average molecular weight is 89.1 g/mol. The zero-order valence-electron chi connectivity index (χ0n) is 3.71. The Balaban J connectivity index is 4.89. The number of rotatable bonds is 0. The maximum Gasteiger partial charge on any atom is 0.0399 e. The van der Waals surface area contributed by atoms with E-state index in [0.29, 0.717) is 0 Å². The SMILES string of the molecule is C=C=C=C=C=C=N. The van der Waals surface area contributed by atoms with Gasteiger partial charge in [-0.2, -0.15) is 0 Å². The first-order chi connectivity index (χ1) is 3.41. The van der Waals surface area contributed by atoms with Gasteiger partial charge in [-0.25, -0.2) is 0 Å². The Bertz CT molecular complexity index is 187. The van der Waals surface area contributed by atoms with Crippen LogP contribution >= 0.6 is 0 Å². The Morgan fingerprint density at radius 1 is 1.14 bits per heavy atom. The molecule has 7 heavy (non-hydrogen) atoms. The minimum Gasteiger partial charge on any atom is -0.251 e. The Kier molecular flexibility index (Phi) is 3.64. The third kappa shape index (κ3) is 4.57. The van der Waals surface area contributed by atoms with Gasteiger partial charge in [-0.1, -0.05) is 5.73 Å². The lowest BCUT2D eigenvalue weighted by atomic mass is 10.7. The molecule has 1 heteroatoms. The summed E-state index contributed by atoms with van der Waals surface area (Å²) in [6, 6.07) is 0. The lowest BCUT2D eigenvalue weighted by molar-refractivity contribution is 1.60. The number of nitrogens with one attached hydrogen (secondary N) is 1. The summed E-state index contributed by atoms with van der Waals surface area (Å²) in [5.74, 6) is 1.86. The van der Waals surface area contributed by atoms with E-state index in [0.717, 1.165) is 0 Å². The van der Waals surface area contributed by atoms with E-state index >= 15 is 0 Å². The van der Waals surface area contributed by atoms with Crippen LogP contribution in [0.3, 0.4) is 0 Å². The molecule has 32 valence electrons. The van der Waals surface area contributed by atoms with Gasteiger partial charge in [0.05, 0.1) is 0 Å². The van der Waals surface area contributed by atoms with Crippen molar-refractivity contribution >= 4 is 5.87 Å². The van der Waals surface area contributed by atoms with E-state index in [9.17, 15) is 0 Å². The molecule has 0 heterocycles. The molecule has 0 aromatic rings. The molecule has 0 aromatic carbocycles. The molecule has 0 unspecified atom stereocenters. The van der Waals surface area contributed by atoms with Gasteiger partial charge in [0.25, 0.3) is 0 Å². The second-order valence-electron chi connectivity index (χ2n) is 0.677. The van der Waals surface area contributed by atoms with Crippen LogP contribution in [0, 0.1) is 5.41 Å². The maximum atomic E-state index is 6.27. The lowest BCUT2D eigenvalue weighted by Gasteiger charge is -1.32. The zero-order chi connectivity index (χ0) is 5.54. The maximum absolute atomic E-state index is 6.27. The summed E-state index contributed by atoms with van der Waals surface area (Å²) < 4.78 is 0. The van der Waals surface area contributed by atoms with Gasteiger partial charge in [0.1, 0.15) is 0 Å². The van der Waals surface area contributed by atoms with Crippen molar-refractivity contribution in [2.75, 3.05) is 0 Å². The summed E-state index contributed by atoms with van der Waals surface area (Å²) in [7, 11) is 0. The molecule has 0 saturated carbocycles. The molecular formula is C6H3N. The summed E-state index contributed by atoms with van der Waals surface area (Å²) in [5.41, 5.74) is 9.16. The lowest BCUT2D eigenvalue weighted by Crippen LogP contribution is -1.25. The van der Waals surface area contributed by atoms with Crippen molar-refractivity contribution < 1.29 is 0 Å². The van der Waals surface area contributed by atoms with Crippen LogP contribution < -0.4 is 0 Å². The van der Waals surface area contributed by atoms with Crippen LogP contribution in [0.4, 0.5) is 0 Å². The third-order valence-electron chi connectivity index (χ3n) is 0.276. The van der Waals surface area contributed by atoms with Gasteiger partial charge in [0, 0.05) is 17.3 Å². The van der Waals surface area contributed by atoms with E-state index in [4.69, 9.17) is 5.41 Å². The average Bonchev–Trinajstić information content (AvgIpc) is 1.69. The molecule has 1 N–H and O–H groups in total. The quantitative estimate of drug-likeness (QED) is 0.338. The highest BCUT2D eigenvalue weighted by Crippen LogP contribution is 1.43. The largest absolute Gasteiger partial charge is 0.251 e. The van der Waals surface area contributed by atoms with Gasteiger partial charge in [-0.05, 0) is 12.3 Å². The highest BCUT2D eigenvalue weighted by molar-refractivity contribution is 5.45. The molecular weight excluding hydrogens is 86.1 g/mol.